The molecule has 2 fully saturated rings. The van der Waals surface area contributed by atoms with E-state index in [9.17, 15) is 17.6 Å². The molecule has 3 heterocycles. The molecule has 0 radical (unpaired) electrons. The Balaban J connectivity index is 1.53. The summed E-state index contributed by atoms with van der Waals surface area (Å²) >= 11 is 0.676. The van der Waals surface area contributed by atoms with E-state index in [2.05, 4.69) is 15.5 Å². The number of nitrogens with zero attached hydrogens (tertiary/aromatic N) is 3. The Morgan fingerprint density at radius 2 is 1.97 bits per heavy atom. The first-order chi connectivity index (χ1) is 16.4. The molecule has 184 valence electrons. The molecular formula is C21H25FN4O6S2. The number of thiazole rings is 1. The summed E-state index contributed by atoms with van der Waals surface area (Å²) in [5, 5.41) is 6.03. The first kappa shape index (κ1) is 24.7. The molecule has 0 spiro atoms. The lowest BCUT2D eigenvalue weighted by Crippen LogP contribution is -2.40. The van der Waals surface area contributed by atoms with Gasteiger partial charge in [-0.1, -0.05) is 28.6 Å². The summed E-state index contributed by atoms with van der Waals surface area (Å²) in [6.45, 7) is 1.64. The third-order valence-electron chi connectivity index (χ3n) is 5.59. The average molecular weight is 513 g/mol. The normalized spacial score (nSPS) is 20.4. The van der Waals surface area contributed by atoms with Gasteiger partial charge in [0.25, 0.3) is 5.91 Å². The molecule has 2 saturated heterocycles. The molecule has 1 atom stereocenters. The van der Waals surface area contributed by atoms with E-state index in [4.69, 9.17) is 14.3 Å². The third-order valence-corrected chi connectivity index (χ3v) is 8.21. The fourth-order valence-corrected chi connectivity index (χ4v) is 5.67. The van der Waals surface area contributed by atoms with Gasteiger partial charge in [0.15, 0.2) is 22.1 Å². The Labute approximate surface area is 200 Å². The van der Waals surface area contributed by atoms with Crippen LogP contribution in [0, 0.1) is 5.13 Å². The largest absolute Gasteiger partial charge is 0.389 e. The van der Waals surface area contributed by atoms with Gasteiger partial charge in [-0.2, -0.15) is 8.70 Å². The SMILES string of the molecule is COC1CCN(S(=O)(=O)c2ccc(C(=NO[C@@H]3CCOC3)C(=O)Nc3ncc(F)s3)cc2)CC1. The Bertz CT molecular complexity index is 1120. The van der Waals surface area contributed by atoms with Gasteiger partial charge in [0.1, 0.15) is 0 Å². The van der Waals surface area contributed by atoms with Crippen LogP contribution in [0.2, 0.25) is 0 Å². The van der Waals surface area contributed by atoms with Crippen LogP contribution in [0.25, 0.3) is 0 Å². The van der Waals surface area contributed by atoms with E-state index in [1.165, 1.54) is 28.6 Å². The number of methoxy groups -OCH3 is 1. The predicted octanol–water partition coefficient (Wildman–Crippen LogP) is 2.23. The molecule has 10 nitrogen and oxygen atoms in total. The average Bonchev–Trinajstić information content (AvgIpc) is 3.51. The van der Waals surface area contributed by atoms with E-state index in [0.717, 1.165) is 6.20 Å². The maximum Gasteiger partial charge on any atom is 0.280 e. The number of hydrogen-bond acceptors (Lipinski definition) is 9. The number of carbonyl (C=O) groups is 1. The van der Waals surface area contributed by atoms with Crippen LogP contribution < -0.4 is 5.32 Å². The Morgan fingerprint density at radius 1 is 1.24 bits per heavy atom. The Kier molecular flexibility index (Phi) is 7.88. The van der Waals surface area contributed by atoms with Gasteiger partial charge in [-0.25, -0.2) is 13.4 Å². The summed E-state index contributed by atoms with van der Waals surface area (Å²) in [6.07, 6.45) is 2.65. The van der Waals surface area contributed by atoms with Gasteiger partial charge in [-0.15, -0.1) is 0 Å². The molecule has 0 bridgehead atoms. The molecule has 4 rings (SSSR count). The summed E-state index contributed by atoms with van der Waals surface area (Å²) in [5.74, 6) is -0.662. The highest BCUT2D eigenvalue weighted by Gasteiger charge is 2.30. The molecule has 2 aliphatic heterocycles. The Hall–Kier alpha value is -2.45. The zero-order valence-electron chi connectivity index (χ0n) is 18.5. The predicted molar refractivity (Wildman–Crippen MR) is 123 cm³/mol. The highest BCUT2D eigenvalue weighted by atomic mass is 32.2. The number of oxime groups is 1. The summed E-state index contributed by atoms with van der Waals surface area (Å²) in [5.41, 5.74) is 0.248. The third kappa shape index (κ3) is 5.78. The molecule has 13 heteroatoms. The molecule has 1 aromatic carbocycles. The number of ether oxygens (including phenoxy) is 2. The molecular weight excluding hydrogens is 487 g/mol. The number of halogens is 1. The minimum absolute atomic E-state index is 0.0580. The van der Waals surface area contributed by atoms with E-state index in [-0.39, 0.29) is 27.9 Å². The van der Waals surface area contributed by atoms with Gasteiger partial charge in [0.2, 0.25) is 10.0 Å². The minimum atomic E-state index is -3.69. The van der Waals surface area contributed by atoms with Crippen molar-refractivity contribution >= 4 is 38.1 Å². The van der Waals surface area contributed by atoms with Crippen molar-refractivity contribution in [2.45, 2.75) is 36.4 Å². The van der Waals surface area contributed by atoms with Crippen molar-refractivity contribution in [3.05, 3.63) is 41.2 Å². The lowest BCUT2D eigenvalue weighted by atomic mass is 10.1. The molecule has 0 saturated carbocycles. The number of hydrogen-bond donors (Lipinski definition) is 1. The van der Waals surface area contributed by atoms with Crippen LogP contribution in [0.15, 0.2) is 40.5 Å². The van der Waals surface area contributed by atoms with Crippen molar-refractivity contribution in [1.29, 1.82) is 0 Å². The van der Waals surface area contributed by atoms with Crippen molar-refractivity contribution in [2.24, 2.45) is 5.16 Å². The number of benzene rings is 1. The van der Waals surface area contributed by atoms with E-state index in [1.54, 1.807) is 7.11 Å². The molecule has 2 aliphatic rings. The summed E-state index contributed by atoms with van der Waals surface area (Å²) in [4.78, 5) is 22.2. The number of nitrogens with one attached hydrogen (secondary N) is 1. The van der Waals surface area contributed by atoms with Gasteiger partial charge in [0.05, 0.1) is 30.4 Å². The van der Waals surface area contributed by atoms with Gasteiger partial charge in [-0.3, -0.25) is 10.1 Å². The summed E-state index contributed by atoms with van der Waals surface area (Å²) in [6, 6.07) is 5.84. The lowest BCUT2D eigenvalue weighted by molar-refractivity contribution is -0.110. The molecule has 2 aromatic rings. The van der Waals surface area contributed by atoms with Crippen LogP contribution in [0.3, 0.4) is 0 Å². The highest BCUT2D eigenvalue weighted by molar-refractivity contribution is 7.89. The van der Waals surface area contributed by atoms with E-state index in [0.29, 0.717) is 62.5 Å². The van der Waals surface area contributed by atoms with Crippen LogP contribution in [-0.4, -0.2) is 74.9 Å². The summed E-state index contributed by atoms with van der Waals surface area (Å²) < 4.78 is 51.3. The standard InChI is InChI=1S/C21H25FN4O6S2/c1-30-15-6-9-26(10-7-15)34(28,29)17-4-2-14(3-5-17)19(25-32-16-8-11-31-13-16)20(27)24-21-23-12-18(22)33-21/h2-5,12,15-16H,6-11,13H2,1H3,(H,23,24,27)/t16-/m1/s1. The van der Waals surface area contributed by atoms with Gasteiger partial charge in [0, 0.05) is 32.2 Å². The maximum atomic E-state index is 13.3. The van der Waals surface area contributed by atoms with Gasteiger partial charge >= 0.3 is 0 Å². The number of carbonyl (C=O) groups excluding carboxylic acids is 1. The molecule has 0 aliphatic carbocycles. The zero-order chi connectivity index (χ0) is 24.1. The fourth-order valence-electron chi connectivity index (χ4n) is 3.66. The second kappa shape index (κ2) is 10.9. The minimum Gasteiger partial charge on any atom is -0.389 e. The second-order valence-electron chi connectivity index (χ2n) is 7.82. The van der Waals surface area contributed by atoms with Crippen LogP contribution in [0.1, 0.15) is 24.8 Å². The number of sulfonamides is 1. The van der Waals surface area contributed by atoms with Crippen LogP contribution in [0.5, 0.6) is 0 Å². The van der Waals surface area contributed by atoms with Gasteiger partial charge < -0.3 is 14.3 Å². The second-order valence-corrected chi connectivity index (χ2v) is 10.7. The smallest absolute Gasteiger partial charge is 0.280 e. The van der Waals surface area contributed by atoms with Crippen molar-refractivity contribution in [2.75, 3.05) is 38.7 Å². The van der Waals surface area contributed by atoms with Crippen molar-refractivity contribution in [1.82, 2.24) is 9.29 Å². The Morgan fingerprint density at radius 3 is 2.56 bits per heavy atom. The monoisotopic (exact) mass is 512 g/mol. The number of aromatic nitrogens is 1. The zero-order valence-corrected chi connectivity index (χ0v) is 20.1. The topological polar surface area (TPSA) is 119 Å². The number of rotatable bonds is 8. The molecule has 34 heavy (non-hydrogen) atoms. The van der Waals surface area contributed by atoms with E-state index >= 15 is 0 Å². The molecule has 0 unspecified atom stereocenters. The fraction of sp³-hybridized carbons (Fsp3) is 0.476. The number of amides is 1. The highest BCUT2D eigenvalue weighted by Crippen LogP contribution is 2.23. The first-order valence-electron chi connectivity index (χ1n) is 10.7. The van der Waals surface area contributed by atoms with Crippen molar-refractivity contribution in [3.8, 4) is 0 Å². The molecule has 1 N–H and O–H groups in total. The lowest BCUT2D eigenvalue weighted by Gasteiger charge is -2.30. The molecule has 1 aromatic heterocycles. The molecule has 1 amide bonds. The van der Waals surface area contributed by atoms with Crippen LogP contribution >= 0.6 is 11.3 Å². The quantitative estimate of drug-likeness (QED) is 0.426. The summed E-state index contributed by atoms with van der Waals surface area (Å²) in [7, 11) is -2.07. The van der Waals surface area contributed by atoms with Crippen molar-refractivity contribution in [3.63, 3.8) is 0 Å². The van der Waals surface area contributed by atoms with E-state index < -0.39 is 21.1 Å². The number of anilines is 1. The van der Waals surface area contributed by atoms with Crippen LogP contribution in [0.4, 0.5) is 9.52 Å². The first-order valence-corrected chi connectivity index (χ1v) is 13.0. The van der Waals surface area contributed by atoms with E-state index in [1.807, 2.05) is 0 Å². The maximum absolute atomic E-state index is 13.3. The number of piperidine rings is 1. The van der Waals surface area contributed by atoms with Gasteiger partial charge in [-0.05, 0) is 25.0 Å². The van der Waals surface area contributed by atoms with Crippen LogP contribution in [-0.2, 0) is 29.1 Å². The van der Waals surface area contributed by atoms with Crippen molar-refractivity contribution < 1.29 is 31.9 Å².